The number of nitrogens with zero attached hydrogens (tertiary/aromatic N) is 1. The van der Waals surface area contributed by atoms with E-state index in [9.17, 15) is 14.4 Å². The second kappa shape index (κ2) is 7.06. The summed E-state index contributed by atoms with van der Waals surface area (Å²) < 4.78 is 0. The summed E-state index contributed by atoms with van der Waals surface area (Å²) in [5.41, 5.74) is 3.92. The summed E-state index contributed by atoms with van der Waals surface area (Å²) in [6, 6.07) is 8.03. The number of imide groups is 1. The Kier molecular flexibility index (Phi) is 5.06. The Morgan fingerprint density at radius 3 is 2.39 bits per heavy atom. The number of carbonyl (C=O) groups excluding carboxylic acids is 3. The molecule has 0 aliphatic carbocycles. The van der Waals surface area contributed by atoms with Crippen LogP contribution in [0.4, 0.5) is 4.79 Å². The predicted molar refractivity (Wildman–Crippen MR) is 109 cm³/mol. The van der Waals surface area contributed by atoms with Gasteiger partial charge in [-0.05, 0) is 80.6 Å². The van der Waals surface area contributed by atoms with Gasteiger partial charge < -0.3 is 5.32 Å². The van der Waals surface area contributed by atoms with Gasteiger partial charge in [-0.3, -0.25) is 14.5 Å². The van der Waals surface area contributed by atoms with Crippen molar-refractivity contribution in [1.29, 1.82) is 0 Å². The van der Waals surface area contributed by atoms with Crippen molar-refractivity contribution in [3.63, 3.8) is 0 Å². The van der Waals surface area contributed by atoms with Gasteiger partial charge in [-0.15, -0.1) is 0 Å². The molecule has 1 atom stereocenters. The normalized spacial score (nSPS) is 19.1. The van der Waals surface area contributed by atoms with Gasteiger partial charge in [0, 0.05) is 10.6 Å². The number of halogens is 1. The van der Waals surface area contributed by atoms with Crippen LogP contribution in [0.5, 0.6) is 0 Å². The first-order valence-electron chi connectivity index (χ1n) is 9.07. The molecular weight excluding hydrogens is 376 g/mol. The number of benzene rings is 2. The van der Waals surface area contributed by atoms with Crippen molar-refractivity contribution in [3.05, 3.63) is 68.7 Å². The number of nitrogens with one attached hydrogen (secondary N) is 1. The third-order valence-electron chi connectivity index (χ3n) is 5.76. The molecule has 3 rings (SSSR count). The highest BCUT2D eigenvalue weighted by molar-refractivity contribution is 6.30. The van der Waals surface area contributed by atoms with E-state index in [0.717, 1.165) is 27.2 Å². The van der Waals surface area contributed by atoms with Crippen LogP contribution in [0.15, 0.2) is 30.3 Å². The molecule has 6 heteroatoms. The van der Waals surface area contributed by atoms with E-state index in [1.807, 2.05) is 33.8 Å². The Balaban J connectivity index is 1.91. The number of urea groups is 1. The summed E-state index contributed by atoms with van der Waals surface area (Å²) in [7, 11) is 0. The number of rotatable bonds is 4. The Morgan fingerprint density at radius 1 is 1.07 bits per heavy atom. The first kappa shape index (κ1) is 20.1. The quantitative estimate of drug-likeness (QED) is 0.619. The van der Waals surface area contributed by atoms with Gasteiger partial charge in [0.2, 0.25) is 0 Å². The van der Waals surface area contributed by atoms with Gasteiger partial charge in [0.25, 0.3) is 5.91 Å². The largest absolute Gasteiger partial charge is 0.325 e. The molecule has 0 spiro atoms. The first-order chi connectivity index (χ1) is 13.1. The number of carbonyl (C=O) groups is 3. The molecule has 0 aromatic heterocycles. The topological polar surface area (TPSA) is 66.5 Å². The fourth-order valence-corrected chi connectivity index (χ4v) is 3.76. The fourth-order valence-electron chi connectivity index (χ4n) is 3.57. The third kappa shape index (κ3) is 3.20. The maximum Gasteiger partial charge on any atom is 0.325 e. The van der Waals surface area contributed by atoms with Crippen molar-refractivity contribution < 1.29 is 14.4 Å². The highest BCUT2D eigenvalue weighted by atomic mass is 35.5. The van der Waals surface area contributed by atoms with Gasteiger partial charge in [0.05, 0.1) is 6.54 Å². The van der Waals surface area contributed by atoms with Crippen molar-refractivity contribution in [2.75, 3.05) is 6.54 Å². The summed E-state index contributed by atoms with van der Waals surface area (Å²) in [5, 5.41) is 3.17. The van der Waals surface area contributed by atoms with Gasteiger partial charge >= 0.3 is 6.03 Å². The Bertz CT molecular complexity index is 1020. The zero-order chi connectivity index (χ0) is 20.8. The lowest BCUT2D eigenvalue weighted by molar-refractivity contribution is -0.130. The van der Waals surface area contributed by atoms with E-state index in [-0.39, 0.29) is 12.3 Å². The molecule has 5 nitrogen and oxygen atoms in total. The molecule has 2 aromatic carbocycles. The van der Waals surface area contributed by atoms with E-state index < -0.39 is 17.5 Å². The van der Waals surface area contributed by atoms with E-state index >= 15 is 0 Å². The molecule has 1 N–H and O–H groups in total. The van der Waals surface area contributed by atoms with Crippen molar-refractivity contribution in [1.82, 2.24) is 10.2 Å². The molecule has 1 fully saturated rings. The number of Topliss-reactive ketones (excluding diaryl/α,β-unsaturated/α-hetero) is 1. The van der Waals surface area contributed by atoms with Gasteiger partial charge in [-0.1, -0.05) is 23.7 Å². The maximum absolute atomic E-state index is 13.0. The van der Waals surface area contributed by atoms with Crippen LogP contribution in [-0.2, 0) is 10.3 Å². The monoisotopic (exact) mass is 398 g/mol. The number of aryl methyl sites for hydroxylation is 1. The van der Waals surface area contributed by atoms with Crippen LogP contribution < -0.4 is 5.32 Å². The van der Waals surface area contributed by atoms with E-state index in [0.29, 0.717) is 16.1 Å². The summed E-state index contributed by atoms with van der Waals surface area (Å²) in [6.07, 6.45) is 0. The van der Waals surface area contributed by atoms with Gasteiger partial charge in [0.1, 0.15) is 5.54 Å². The second-order valence-electron chi connectivity index (χ2n) is 7.50. The minimum Gasteiger partial charge on any atom is -0.319 e. The lowest BCUT2D eigenvalue weighted by Gasteiger charge is -2.22. The van der Waals surface area contributed by atoms with Crippen molar-refractivity contribution >= 4 is 29.3 Å². The van der Waals surface area contributed by atoms with Crippen LogP contribution in [0.25, 0.3) is 0 Å². The molecule has 1 aliphatic rings. The van der Waals surface area contributed by atoms with E-state index in [1.54, 1.807) is 31.2 Å². The van der Waals surface area contributed by atoms with Crippen LogP contribution in [0, 0.1) is 27.7 Å². The van der Waals surface area contributed by atoms with Crippen LogP contribution in [0.3, 0.4) is 0 Å². The number of ketones is 1. The standard InChI is InChI=1S/C22H23ClN2O3/c1-12-9-18(15(4)14(3)13(12)2)19(26)11-25-20(27)22(5,24-21(25)28)16-7-6-8-17(23)10-16/h6-10H,11H2,1-5H3,(H,24,28). The molecule has 0 bridgehead atoms. The lowest BCUT2D eigenvalue weighted by atomic mass is 9.91. The zero-order valence-corrected chi connectivity index (χ0v) is 17.4. The minimum absolute atomic E-state index is 0.262. The van der Waals surface area contributed by atoms with Gasteiger partial charge in [-0.25, -0.2) is 4.79 Å². The number of hydrogen-bond donors (Lipinski definition) is 1. The smallest absolute Gasteiger partial charge is 0.319 e. The first-order valence-corrected chi connectivity index (χ1v) is 9.45. The van der Waals surface area contributed by atoms with Crippen molar-refractivity contribution in [3.8, 4) is 0 Å². The Morgan fingerprint density at radius 2 is 1.75 bits per heavy atom. The second-order valence-corrected chi connectivity index (χ2v) is 7.93. The van der Waals surface area contributed by atoms with Crippen LogP contribution >= 0.6 is 11.6 Å². The predicted octanol–water partition coefficient (Wildman–Crippen LogP) is 4.22. The highest BCUT2D eigenvalue weighted by Crippen LogP contribution is 2.31. The average Bonchev–Trinajstić information content (AvgIpc) is 2.87. The SMILES string of the molecule is Cc1cc(C(=O)CN2C(=O)NC(C)(c3cccc(Cl)c3)C2=O)c(C)c(C)c1C. The van der Waals surface area contributed by atoms with E-state index in [1.165, 1.54) is 0 Å². The average molecular weight is 399 g/mol. The summed E-state index contributed by atoms with van der Waals surface area (Å²) in [5.74, 6) is -0.728. The van der Waals surface area contributed by atoms with Crippen LogP contribution in [0.1, 0.15) is 45.1 Å². The molecule has 1 heterocycles. The molecule has 1 aliphatic heterocycles. The molecule has 1 unspecified atom stereocenters. The molecular formula is C22H23ClN2O3. The van der Waals surface area contributed by atoms with Gasteiger partial charge in [0.15, 0.2) is 5.78 Å². The zero-order valence-electron chi connectivity index (χ0n) is 16.6. The molecule has 3 amide bonds. The third-order valence-corrected chi connectivity index (χ3v) is 6.00. The van der Waals surface area contributed by atoms with Crippen LogP contribution in [0.2, 0.25) is 5.02 Å². The maximum atomic E-state index is 13.0. The molecule has 0 saturated carbocycles. The van der Waals surface area contributed by atoms with Crippen molar-refractivity contribution in [2.24, 2.45) is 0 Å². The highest BCUT2D eigenvalue weighted by Gasteiger charge is 2.49. The number of hydrogen-bond acceptors (Lipinski definition) is 3. The number of amides is 3. The van der Waals surface area contributed by atoms with E-state index in [4.69, 9.17) is 11.6 Å². The van der Waals surface area contributed by atoms with Crippen molar-refractivity contribution in [2.45, 2.75) is 40.2 Å². The van der Waals surface area contributed by atoms with Gasteiger partial charge in [-0.2, -0.15) is 0 Å². The lowest BCUT2D eigenvalue weighted by Crippen LogP contribution is -2.41. The van der Waals surface area contributed by atoms with E-state index in [2.05, 4.69) is 5.32 Å². The summed E-state index contributed by atoms with van der Waals surface area (Å²) in [6.45, 7) is 9.13. The molecule has 146 valence electrons. The molecule has 2 aromatic rings. The van der Waals surface area contributed by atoms with Crippen LogP contribution in [-0.4, -0.2) is 29.2 Å². The minimum atomic E-state index is -1.25. The summed E-state index contributed by atoms with van der Waals surface area (Å²) >= 11 is 6.04. The molecule has 28 heavy (non-hydrogen) atoms. The fraction of sp³-hybridized carbons (Fsp3) is 0.318. The molecule has 0 radical (unpaired) electrons. The Hall–Kier alpha value is -2.66. The Labute approximate surface area is 169 Å². The summed E-state index contributed by atoms with van der Waals surface area (Å²) in [4.78, 5) is 39.5. The molecule has 1 saturated heterocycles.